The number of anilines is 1. The van der Waals surface area contributed by atoms with Crippen molar-refractivity contribution in [1.29, 1.82) is 5.41 Å². The Morgan fingerprint density at radius 1 is 1.17 bits per heavy atom. The van der Waals surface area contributed by atoms with Gasteiger partial charge in [-0.3, -0.25) is 4.79 Å². The van der Waals surface area contributed by atoms with E-state index in [1.807, 2.05) is 12.2 Å². The standard InChI is InChI=1S/C30H42N6O4S2/c1-21-9-4-5-12-24(21)19-30(2,38)34-29-36-35-28(41-29)14-7-6-13-25(31)15-16-26(32)33-27(37)18-22-10-8-11-23(17-22)20-42(3,39)40/h4-5,8-12,17,21,24,31,38H,6-7,13-16,18-20H2,1-3H3,(H,34,36)(H2,32,33,37). The number of sulfone groups is 1. The third kappa shape index (κ3) is 12.3. The van der Waals surface area contributed by atoms with Crippen LogP contribution in [-0.2, 0) is 33.2 Å². The molecule has 1 amide bonds. The summed E-state index contributed by atoms with van der Waals surface area (Å²) >= 11 is 1.43. The molecule has 0 saturated heterocycles. The van der Waals surface area contributed by atoms with Gasteiger partial charge in [0.15, 0.2) is 9.84 Å². The summed E-state index contributed by atoms with van der Waals surface area (Å²) in [6.07, 6.45) is 13.9. The van der Waals surface area contributed by atoms with E-state index in [1.54, 1.807) is 31.2 Å². The highest BCUT2D eigenvalue weighted by molar-refractivity contribution is 7.89. The SMILES string of the molecule is CC1C=CC=CC1CC(C)(O)Nc1nnc(CCCCC(=N)CCC(N)=NC(=O)Cc2cccc(CS(C)(=O)=O)c2)s1. The van der Waals surface area contributed by atoms with Crippen molar-refractivity contribution in [3.8, 4) is 0 Å². The van der Waals surface area contributed by atoms with Gasteiger partial charge in [0, 0.05) is 31.2 Å². The van der Waals surface area contributed by atoms with Crippen molar-refractivity contribution in [3.05, 3.63) is 64.7 Å². The van der Waals surface area contributed by atoms with Gasteiger partial charge in [0.2, 0.25) is 5.13 Å². The van der Waals surface area contributed by atoms with Crippen LogP contribution in [0.4, 0.5) is 5.13 Å². The van der Waals surface area contributed by atoms with E-state index in [0.29, 0.717) is 53.6 Å². The third-order valence-electron chi connectivity index (χ3n) is 6.88. The average molecular weight is 615 g/mol. The Balaban J connectivity index is 1.34. The Hall–Kier alpha value is -3.22. The molecule has 1 aromatic carbocycles. The van der Waals surface area contributed by atoms with Gasteiger partial charge in [-0.2, -0.15) is 0 Å². The molecule has 10 nitrogen and oxygen atoms in total. The van der Waals surface area contributed by atoms with Crippen LogP contribution >= 0.6 is 11.3 Å². The van der Waals surface area contributed by atoms with Crippen molar-refractivity contribution in [2.45, 2.75) is 76.7 Å². The summed E-state index contributed by atoms with van der Waals surface area (Å²) in [5, 5.41) is 32.1. The van der Waals surface area contributed by atoms with Crippen LogP contribution in [0.3, 0.4) is 0 Å². The Bertz CT molecular complexity index is 1430. The quantitative estimate of drug-likeness (QED) is 0.0919. The average Bonchev–Trinajstić information content (AvgIpc) is 3.32. The van der Waals surface area contributed by atoms with Crippen LogP contribution in [0, 0.1) is 17.2 Å². The number of allylic oxidation sites excluding steroid dienone is 4. The number of aromatic nitrogens is 2. The Kier molecular flexibility index (Phi) is 12.1. The molecule has 0 spiro atoms. The number of nitrogens with two attached hydrogens (primary N) is 1. The van der Waals surface area contributed by atoms with E-state index < -0.39 is 21.5 Å². The summed E-state index contributed by atoms with van der Waals surface area (Å²) in [5.41, 5.74) is 6.69. The molecule has 0 aliphatic heterocycles. The van der Waals surface area contributed by atoms with Crippen molar-refractivity contribution < 1.29 is 18.3 Å². The lowest BCUT2D eigenvalue weighted by Gasteiger charge is -2.30. The number of unbranched alkanes of at least 4 members (excludes halogenated alkanes) is 1. The highest BCUT2D eigenvalue weighted by Gasteiger charge is 2.28. The van der Waals surface area contributed by atoms with E-state index in [0.717, 1.165) is 24.3 Å². The predicted octanol–water partition coefficient (Wildman–Crippen LogP) is 4.61. The van der Waals surface area contributed by atoms with E-state index in [9.17, 15) is 18.3 Å². The number of hydrogen-bond donors (Lipinski definition) is 4. The minimum atomic E-state index is -3.16. The van der Waals surface area contributed by atoms with E-state index in [4.69, 9.17) is 11.1 Å². The number of rotatable bonds is 16. The van der Waals surface area contributed by atoms with Gasteiger partial charge in [-0.1, -0.05) is 66.8 Å². The van der Waals surface area contributed by atoms with Crippen LogP contribution in [0.15, 0.2) is 53.6 Å². The molecule has 1 aromatic heterocycles. The Labute approximate surface area is 252 Å². The number of hydrogen-bond acceptors (Lipinski definition) is 9. The largest absolute Gasteiger partial charge is 0.387 e. The molecule has 12 heteroatoms. The fraction of sp³-hybridized carbons (Fsp3) is 0.500. The van der Waals surface area contributed by atoms with Crippen LogP contribution in [0.1, 0.15) is 68.5 Å². The molecular formula is C30H42N6O4S2. The molecule has 3 rings (SSSR count). The number of carbonyl (C=O) groups excluding carboxylic acids is 1. The third-order valence-corrected chi connectivity index (χ3v) is 8.64. The van der Waals surface area contributed by atoms with E-state index in [2.05, 4.69) is 39.6 Å². The predicted molar refractivity (Wildman–Crippen MR) is 170 cm³/mol. The minimum absolute atomic E-state index is 0.0325. The minimum Gasteiger partial charge on any atom is -0.387 e. The van der Waals surface area contributed by atoms with Crippen molar-refractivity contribution in [2.24, 2.45) is 22.6 Å². The fourth-order valence-corrected chi connectivity index (χ4v) is 6.43. The zero-order valence-corrected chi connectivity index (χ0v) is 26.2. The van der Waals surface area contributed by atoms with Gasteiger partial charge in [-0.15, -0.1) is 10.2 Å². The van der Waals surface area contributed by atoms with Crippen molar-refractivity contribution in [1.82, 2.24) is 10.2 Å². The molecule has 1 aliphatic carbocycles. The van der Waals surface area contributed by atoms with Crippen LogP contribution in [0.25, 0.3) is 0 Å². The van der Waals surface area contributed by atoms with Crippen LogP contribution in [0.5, 0.6) is 0 Å². The summed E-state index contributed by atoms with van der Waals surface area (Å²) in [4.78, 5) is 16.3. The van der Waals surface area contributed by atoms with Gasteiger partial charge in [0.1, 0.15) is 16.6 Å². The first-order chi connectivity index (χ1) is 19.8. The van der Waals surface area contributed by atoms with E-state index in [1.165, 1.54) is 17.6 Å². The van der Waals surface area contributed by atoms with Crippen LogP contribution in [0.2, 0.25) is 0 Å². The molecule has 0 bridgehead atoms. The highest BCUT2D eigenvalue weighted by Crippen LogP contribution is 2.30. The number of aliphatic imine (C=N–C) groups is 1. The second-order valence-corrected chi connectivity index (χ2v) is 14.5. The number of aryl methyl sites for hydroxylation is 1. The zero-order valence-electron chi connectivity index (χ0n) is 24.5. The molecule has 1 heterocycles. The monoisotopic (exact) mass is 614 g/mol. The second kappa shape index (κ2) is 15.3. The number of nitrogens with one attached hydrogen (secondary N) is 2. The maximum absolute atomic E-state index is 12.3. The van der Waals surface area contributed by atoms with E-state index in [-0.39, 0.29) is 23.9 Å². The van der Waals surface area contributed by atoms with Gasteiger partial charge >= 0.3 is 0 Å². The number of carbonyl (C=O) groups is 1. The molecular weight excluding hydrogens is 573 g/mol. The van der Waals surface area contributed by atoms with Crippen molar-refractivity contribution >= 4 is 43.8 Å². The first kappa shape index (κ1) is 33.3. The maximum Gasteiger partial charge on any atom is 0.251 e. The van der Waals surface area contributed by atoms with Crippen LogP contribution in [-0.4, -0.2) is 53.2 Å². The Morgan fingerprint density at radius 3 is 2.64 bits per heavy atom. The number of nitrogens with zero attached hydrogens (tertiary/aromatic N) is 3. The molecule has 0 fully saturated rings. The van der Waals surface area contributed by atoms with Gasteiger partial charge < -0.3 is 21.6 Å². The smallest absolute Gasteiger partial charge is 0.251 e. The lowest BCUT2D eigenvalue weighted by molar-refractivity contribution is -0.117. The molecule has 0 radical (unpaired) electrons. The molecule has 3 unspecified atom stereocenters. The molecule has 3 atom stereocenters. The summed E-state index contributed by atoms with van der Waals surface area (Å²) in [6.45, 7) is 3.90. The van der Waals surface area contributed by atoms with Gasteiger partial charge in [-0.05, 0) is 55.6 Å². The summed E-state index contributed by atoms with van der Waals surface area (Å²) in [6, 6.07) is 6.88. The van der Waals surface area contributed by atoms with E-state index >= 15 is 0 Å². The lowest BCUT2D eigenvalue weighted by Crippen LogP contribution is -2.37. The molecule has 5 N–H and O–H groups in total. The molecule has 1 aliphatic rings. The topological polar surface area (TPSA) is 171 Å². The molecule has 2 aromatic rings. The summed E-state index contributed by atoms with van der Waals surface area (Å²) in [5.74, 6) is 0.317. The normalized spacial score (nSPS) is 18.5. The summed E-state index contributed by atoms with van der Waals surface area (Å²) < 4.78 is 23.0. The number of benzene rings is 1. The molecule has 0 saturated carbocycles. The maximum atomic E-state index is 12.3. The van der Waals surface area contributed by atoms with Crippen molar-refractivity contribution in [3.63, 3.8) is 0 Å². The van der Waals surface area contributed by atoms with Gasteiger partial charge in [-0.25, -0.2) is 13.4 Å². The lowest BCUT2D eigenvalue weighted by atomic mass is 9.84. The first-order valence-corrected chi connectivity index (χ1v) is 17.0. The van der Waals surface area contributed by atoms with Crippen LogP contribution < -0.4 is 11.1 Å². The Morgan fingerprint density at radius 2 is 1.90 bits per heavy atom. The van der Waals surface area contributed by atoms with Gasteiger partial charge in [0.05, 0.1) is 12.2 Å². The zero-order chi connectivity index (χ0) is 30.8. The number of amidine groups is 1. The number of amides is 1. The van der Waals surface area contributed by atoms with Crippen molar-refractivity contribution in [2.75, 3.05) is 11.6 Å². The first-order valence-electron chi connectivity index (χ1n) is 14.1. The number of aliphatic hydroxyl groups is 1. The second-order valence-electron chi connectivity index (χ2n) is 11.3. The molecule has 42 heavy (non-hydrogen) atoms. The fourth-order valence-electron chi connectivity index (χ4n) is 4.74. The molecule has 228 valence electrons. The highest BCUT2D eigenvalue weighted by atomic mass is 32.2. The van der Waals surface area contributed by atoms with Gasteiger partial charge in [0.25, 0.3) is 5.91 Å². The summed E-state index contributed by atoms with van der Waals surface area (Å²) in [7, 11) is -3.16.